The molecule has 0 saturated carbocycles. The number of anilines is 4. The molecule has 0 aliphatic rings. The molecule has 8 heteroatoms. The van der Waals surface area contributed by atoms with Crippen molar-refractivity contribution in [3.05, 3.63) is 65.9 Å². The highest BCUT2D eigenvalue weighted by atomic mass is 16.5. The zero-order chi connectivity index (χ0) is 25.4. The fourth-order valence-corrected chi connectivity index (χ4v) is 3.43. The second-order valence-electron chi connectivity index (χ2n) is 8.23. The first-order valence-electron chi connectivity index (χ1n) is 11.7. The Morgan fingerprint density at radius 2 is 1.80 bits per heavy atom. The summed E-state index contributed by atoms with van der Waals surface area (Å²) in [6.45, 7) is 11.7. The maximum Gasteiger partial charge on any atom is 0.255 e. The molecule has 0 fully saturated rings. The number of benzene rings is 2. The summed E-state index contributed by atoms with van der Waals surface area (Å²) >= 11 is 0. The molecule has 0 bridgehead atoms. The molecule has 0 saturated heterocycles. The van der Waals surface area contributed by atoms with Crippen LogP contribution in [0.25, 0.3) is 0 Å². The van der Waals surface area contributed by atoms with Gasteiger partial charge in [-0.2, -0.15) is 0 Å². The zero-order valence-corrected chi connectivity index (χ0v) is 20.9. The van der Waals surface area contributed by atoms with E-state index >= 15 is 0 Å². The lowest BCUT2D eigenvalue weighted by Gasteiger charge is -2.21. The molecule has 1 heterocycles. The zero-order valence-electron chi connectivity index (χ0n) is 20.9. The van der Waals surface area contributed by atoms with Crippen LogP contribution < -0.4 is 15.5 Å². The Bertz CT molecular complexity index is 1170. The number of phenols is 1. The Hall–Kier alpha value is -4.07. The highest BCUT2D eigenvalue weighted by molar-refractivity contribution is 6.05. The monoisotopic (exact) mass is 475 g/mol. The van der Waals surface area contributed by atoms with Crippen molar-refractivity contribution in [2.24, 2.45) is 4.99 Å². The quantitative estimate of drug-likeness (QED) is 0.143. The third-order valence-corrected chi connectivity index (χ3v) is 5.35. The van der Waals surface area contributed by atoms with Gasteiger partial charge in [-0.15, -0.1) is 0 Å². The van der Waals surface area contributed by atoms with Gasteiger partial charge in [0, 0.05) is 24.7 Å². The minimum Gasteiger partial charge on any atom is -0.506 e. The topological polar surface area (TPSA) is 99.1 Å². The van der Waals surface area contributed by atoms with Gasteiger partial charge in [0.15, 0.2) is 6.40 Å². The maximum atomic E-state index is 12.7. The molecular formula is C27H33N5O3. The van der Waals surface area contributed by atoms with Gasteiger partial charge in [0.2, 0.25) is 0 Å². The summed E-state index contributed by atoms with van der Waals surface area (Å²) in [5.41, 5.74) is 3.37. The maximum absolute atomic E-state index is 12.7. The minimum absolute atomic E-state index is 0.0349. The molecule has 0 radical (unpaired) electrons. The van der Waals surface area contributed by atoms with Crippen LogP contribution in [-0.2, 0) is 4.74 Å². The van der Waals surface area contributed by atoms with E-state index in [9.17, 15) is 9.90 Å². The fourth-order valence-electron chi connectivity index (χ4n) is 3.43. The van der Waals surface area contributed by atoms with Crippen LogP contribution in [0.1, 0.15) is 43.7 Å². The normalized spacial score (nSPS) is 11.0. The van der Waals surface area contributed by atoms with E-state index in [-0.39, 0.29) is 23.4 Å². The number of amides is 1. The van der Waals surface area contributed by atoms with Gasteiger partial charge in [-0.1, -0.05) is 18.2 Å². The van der Waals surface area contributed by atoms with Crippen molar-refractivity contribution >= 4 is 40.9 Å². The van der Waals surface area contributed by atoms with Crippen molar-refractivity contribution in [1.82, 2.24) is 4.98 Å². The number of aromatic nitrogens is 1. The van der Waals surface area contributed by atoms with E-state index in [1.165, 1.54) is 12.5 Å². The van der Waals surface area contributed by atoms with Gasteiger partial charge in [0.25, 0.3) is 5.91 Å². The summed E-state index contributed by atoms with van der Waals surface area (Å²) in [5, 5.41) is 16.7. The summed E-state index contributed by atoms with van der Waals surface area (Å²) in [4.78, 5) is 24.0. The molecule has 3 rings (SSSR count). The van der Waals surface area contributed by atoms with E-state index in [0.29, 0.717) is 16.9 Å². The largest absolute Gasteiger partial charge is 0.506 e. The molecule has 1 amide bonds. The van der Waals surface area contributed by atoms with Gasteiger partial charge in [-0.3, -0.25) is 4.79 Å². The van der Waals surface area contributed by atoms with Crippen molar-refractivity contribution in [2.75, 3.05) is 28.6 Å². The Morgan fingerprint density at radius 1 is 1.09 bits per heavy atom. The van der Waals surface area contributed by atoms with Gasteiger partial charge in [-0.05, 0) is 65.0 Å². The third kappa shape index (κ3) is 6.72. The van der Waals surface area contributed by atoms with Crippen molar-refractivity contribution in [1.29, 1.82) is 0 Å². The summed E-state index contributed by atoms with van der Waals surface area (Å²) in [6.07, 6.45) is 1.31. The molecular weight excluding hydrogens is 442 g/mol. The second kappa shape index (κ2) is 11.9. The van der Waals surface area contributed by atoms with Gasteiger partial charge < -0.3 is 25.4 Å². The molecule has 2 aromatic carbocycles. The molecule has 0 spiro atoms. The number of aliphatic imine (C=N–C) groups is 1. The summed E-state index contributed by atoms with van der Waals surface area (Å²) in [7, 11) is 0. The minimum atomic E-state index is -0.326. The van der Waals surface area contributed by atoms with Gasteiger partial charge in [-0.25, -0.2) is 9.98 Å². The molecule has 0 atom stereocenters. The van der Waals surface area contributed by atoms with E-state index in [0.717, 1.165) is 30.3 Å². The number of hydrogen-bond donors (Lipinski definition) is 3. The Labute approximate surface area is 206 Å². The van der Waals surface area contributed by atoms with Crippen LogP contribution >= 0.6 is 0 Å². The highest BCUT2D eigenvalue weighted by Gasteiger charge is 2.15. The fraction of sp³-hybridized carbons (Fsp3) is 0.296. The lowest BCUT2D eigenvalue weighted by Crippen LogP contribution is -2.23. The van der Waals surface area contributed by atoms with E-state index < -0.39 is 0 Å². The summed E-state index contributed by atoms with van der Waals surface area (Å²) in [5.74, 6) is 0.471. The van der Waals surface area contributed by atoms with Crippen molar-refractivity contribution < 1.29 is 14.6 Å². The molecule has 3 N–H and O–H groups in total. The van der Waals surface area contributed by atoms with Crippen LogP contribution in [-0.4, -0.2) is 41.6 Å². The van der Waals surface area contributed by atoms with Gasteiger partial charge in [0.1, 0.15) is 11.6 Å². The van der Waals surface area contributed by atoms with Crippen molar-refractivity contribution in [3.63, 3.8) is 0 Å². The predicted octanol–water partition coefficient (Wildman–Crippen LogP) is 6.02. The Kier molecular flexibility index (Phi) is 8.67. The van der Waals surface area contributed by atoms with Crippen LogP contribution in [0.15, 0.2) is 59.6 Å². The lowest BCUT2D eigenvalue weighted by atomic mass is 10.1. The average Bonchev–Trinajstić information content (AvgIpc) is 2.84. The Balaban J connectivity index is 1.96. The standard InChI is InChI=1S/C27H33N5O3/c1-6-32(7-2)26-14-13-21(19(5)29-26)30-23-15-24(31-27(34)20-11-9-8-10-12-20)25(33)16-22(23)28-17-35-18(3)4/h8-18,30,33H,6-7H2,1-5H3,(H,31,34). The van der Waals surface area contributed by atoms with Crippen LogP contribution in [0.4, 0.5) is 28.6 Å². The van der Waals surface area contributed by atoms with Gasteiger partial charge in [0.05, 0.1) is 34.5 Å². The second-order valence-corrected chi connectivity index (χ2v) is 8.23. The predicted molar refractivity (Wildman–Crippen MR) is 143 cm³/mol. The molecule has 35 heavy (non-hydrogen) atoms. The van der Waals surface area contributed by atoms with Gasteiger partial charge >= 0.3 is 0 Å². The smallest absolute Gasteiger partial charge is 0.255 e. The molecule has 184 valence electrons. The highest BCUT2D eigenvalue weighted by Crippen LogP contribution is 2.38. The number of nitrogens with zero attached hydrogens (tertiary/aromatic N) is 3. The summed E-state index contributed by atoms with van der Waals surface area (Å²) < 4.78 is 5.45. The number of phenolic OH excluding ortho intramolecular Hbond substituents is 1. The van der Waals surface area contributed by atoms with Crippen LogP contribution in [0.2, 0.25) is 0 Å². The SMILES string of the molecule is CCN(CC)c1ccc(Nc2cc(NC(=O)c3ccccc3)c(O)cc2N=COC(C)C)c(C)n1. The third-order valence-electron chi connectivity index (χ3n) is 5.35. The number of ether oxygens (including phenoxy) is 1. The molecule has 3 aromatic rings. The van der Waals surface area contributed by atoms with Crippen molar-refractivity contribution in [3.8, 4) is 5.75 Å². The molecule has 1 aromatic heterocycles. The van der Waals surface area contributed by atoms with Crippen LogP contribution in [0, 0.1) is 6.92 Å². The van der Waals surface area contributed by atoms with E-state index in [1.807, 2.05) is 39.0 Å². The molecule has 0 unspecified atom stereocenters. The first-order valence-corrected chi connectivity index (χ1v) is 11.7. The van der Waals surface area contributed by atoms with Crippen LogP contribution in [0.3, 0.4) is 0 Å². The average molecular weight is 476 g/mol. The number of nitrogens with one attached hydrogen (secondary N) is 2. The molecule has 0 aliphatic heterocycles. The van der Waals surface area contributed by atoms with E-state index in [2.05, 4.69) is 34.4 Å². The number of rotatable bonds is 10. The van der Waals surface area contributed by atoms with Crippen LogP contribution in [0.5, 0.6) is 5.75 Å². The number of carbonyl (C=O) groups is 1. The summed E-state index contributed by atoms with van der Waals surface area (Å²) in [6, 6.07) is 15.9. The lowest BCUT2D eigenvalue weighted by molar-refractivity contribution is 0.102. The first-order chi connectivity index (χ1) is 16.8. The molecule has 8 nitrogen and oxygen atoms in total. The number of hydrogen-bond acceptors (Lipinski definition) is 7. The number of aromatic hydroxyl groups is 1. The number of carbonyl (C=O) groups excluding carboxylic acids is 1. The number of aryl methyl sites for hydroxylation is 1. The first kappa shape index (κ1) is 25.6. The van der Waals surface area contributed by atoms with Crippen molar-refractivity contribution in [2.45, 2.75) is 40.7 Å². The van der Waals surface area contributed by atoms with E-state index in [1.54, 1.807) is 30.3 Å². The Morgan fingerprint density at radius 3 is 2.43 bits per heavy atom. The van der Waals surface area contributed by atoms with E-state index in [4.69, 9.17) is 9.72 Å². The number of pyridine rings is 1. The molecule has 0 aliphatic carbocycles.